The van der Waals surface area contributed by atoms with Crippen molar-refractivity contribution in [2.45, 2.75) is 75.5 Å². The number of hydrogen-bond acceptors (Lipinski definition) is 11. The fourth-order valence-electron chi connectivity index (χ4n) is 4.18. The number of Topliss-reactive ketones (excluding diaryl/α,β-unsaturated/α-hetero) is 1. The van der Waals surface area contributed by atoms with Crippen molar-refractivity contribution in [3.63, 3.8) is 0 Å². The smallest absolute Gasteiger partial charge is 0.182 e. The first-order valence-electron chi connectivity index (χ1n) is 11.1. The second-order valence-electron chi connectivity index (χ2n) is 8.82. The summed E-state index contributed by atoms with van der Waals surface area (Å²) in [7, 11) is 0. The minimum absolute atomic E-state index is 0.0283. The average Bonchev–Trinajstić information content (AvgIpc) is 3.45. The quantitative estimate of drug-likeness (QED) is 0.261. The molecule has 5 N–H and O–H groups in total. The van der Waals surface area contributed by atoms with Gasteiger partial charge in [0.2, 0.25) is 0 Å². The van der Waals surface area contributed by atoms with Gasteiger partial charge in [-0.3, -0.25) is 9.79 Å². The number of carbonyl (C=O) groups excluding carboxylic acids is 1. The fraction of sp³-hybridized carbons (Fsp3) is 0.714. The molecule has 2 aliphatic heterocycles. The predicted octanol–water partition coefficient (Wildman–Crippen LogP) is -1.90. The van der Waals surface area contributed by atoms with Gasteiger partial charge in [0.05, 0.1) is 43.9 Å². The highest BCUT2D eigenvalue weighted by atomic mass is 16.5. The van der Waals surface area contributed by atoms with Gasteiger partial charge < -0.3 is 35.0 Å². The highest BCUT2D eigenvalue weighted by molar-refractivity contribution is 6.04. The zero-order valence-corrected chi connectivity index (χ0v) is 18.1. The number of carbonyl (C=O) groups is 1. The van der Waals surface area contributed by atoms with E-state index in [9.17, 15) is 30.3 Å². The average molecular weight is 466 g/mol. The number of nitrogens with zero attached hydrogens (tertiary/aromatic N) is 4. The van der Waals surface area contributed by atoms with Crippen LogP contribution in [0.5, 0.6) is 0 Å². The molecule has 3 aliphatic rings. The van der Waals surface area contributed by atoms with E-state index in [4.69, 9.17) is 9.47 Å². The highest BCUT2D eigenvalue weighted by Gasteiger charge is 2.43. The number of aliphatic imine (C=N–C) groups is 1. The number of allylic oxidation sites excluding steroid dienone is 1. The highest BCUT2D eigenvalue weighted by Crippen LogP contribution is 2.28. The topological polar surface area (TPSA) is 180 Å². The van der Waals surface area contributed by atoms with Crippen molar-refractivity contribution >= 4 is 11.5 Å². The molecule has 7 atom stereocenters. The molecular formula is C21H30N4O8. The Morgan fingerprint density at radius 2 is 1.94 bits per heavy atom. The molecule has 0 spiro atoms. The van der Waals surface area contributed by atoms with Crippen LogP contribution >= 0.6 is 0 Å². The van der Waals surface area contributed by atoms with Gasteiger partial charge in [0.25, 0.3) is 0 Å². The Morgan fingerprint density at radius 3 is 2.64 bits per heavy atom. The van der Waals surface area contributed by atoms with Gasteiger partial charge in [-0.15, -0.1) is 5.10 Å². The van der Waals surface area contributed by atoms with Crippen LogP contribution in [0.15, 0.2) is 23.0 Å². The van der Waals surface area contributed by atoms with Crippen LogP contribution in [0.4, 0.5) is 0 Å². The molecule has 3 heterocycles. The van der Waals surface area contributed by atoms with Crippen LogP contribution in [0.25, 0.3) is 0 Å². The molecule has 0 amide bonds. The maximum Gasteiger partial charge on any atom is 0.182 e. The van der Waals surface area contributed by atoms with Crippen molar-refractivity contribution in [3.8, 4) is 0 Å². The van der Waals surface area contributed by atoms with Crippen LogP contribution in [0, 0.1) is 5.92 Å². The Kier molecular flexibility index (Phi) is 7.64. The molecule has 0 radical (unpaired) electrons. The van der Waals surface area contributed by atoms with E-state index in [1.165, 1.54) is 17.1 Å². The standard InChI is InChI=1S/C21H30N4O8/c26-8-18-20(30)21(31)19(29)17(33-18)4-13-3-12(5-22-13)16(28)7-25-14(6-23-24-25)10-32-9-11-1-2-15(11)27/h5-6,11,15,17-21,26-27,29-31H,1-4,7-10H2. The van der Waals surface area contributed by atoms with Crippen molar-refractivity contribution in [1.82, 2.24) is 15.0 Å². The zero-order valence-electron chi connectivity index (χ0n) is 18.1. The summed E-state index contributed by atoms with van der Waals surface area (Å²) in [5.74, 6) is -0.0393. The third-order valence-corrected chi connectivity index (χ3v) is 6.53. The van der Waals surface area contributed by atoms with E-state index < -0.39 is 37.1 Å². The Morgan fingerprint density at radius 1 is 1.15 bits per heavy atom. The molecule has 12 nitrogen and oxygen atoms in total. The lowest BCUT2D eigenvalue weighted by atomic mass is 9.83. The zero-order chi connectivity index (χ0) is 23.5. The molecule has 1 saturated carbocycles. The van der Waals surface area contributed by atoms with Gasteiger partial charge in [0.15, 0.2) is 5.78 Å². The maximum absolute atomic E-state index is 12.8. The maximum atomic E-state index is 12.8. The monoisotopic (exact) mass is 466 g/mol. The van der Waals surface area contributed by atoms with Crippen molar-refractivity contribution in [3.05, 3.63) is 23.7 Å². The van der Waals surface area contributed by atoms with Crippen LogP contribution < -0.4 is 0 Å². The summed E-state index contributed by atoms with van der Waals surface area (Å²) in [6.45, 7) is 0.155. The number of aliphatic hydroxyl groups is 5. The van der Waals surface area contributed by atoms with Crippen LogP contribution in [0.3, 0.4) is 0 Å². The van der Waals surface area contributed by atoms with Gasteiger partial charge in [0, 0.05) is 36.2 Å². The molecule has 1 aliphatic carbocycles. The van der Waals surface area contributed by atoms with E-state index in [1.807, 2.05) is 0 Å². The molecule has 1 saturated heterocycles. The summed E-state index contributed by atoms with van der Waals surface area (Å²) in [5, 5.41) is 56.8. The Labute approximate surface area is 190 Å². The van der Waals surface area contributed by atoms with Gasteiger partial charge in [-0.1, -0.05) is 5.21 Å². The molecule has 12 heteroatoms. The van der Waals surface area contributed by atoms with Crippen LogP contribution in [0.2, 0.25) is 0 Å². The molecule has 0 bridgehead atoms. The summed E-state index contributed by atoms with van der Waals surface area (Å²) in [6, 6.07) is 0. The molecule has 1 aromatic rings. The molecule has 1 aromatic heterocycles. The first-order chi connectivity index (χ1) is 15.9. The summed E-state index contributed by atoms with van der Waals surface area (Å²) in [5.41, 5.74) is 1.71. The van der Waals surface area contributed by atoms with E-state index >= 15 is 0 Å². The van der Waals surface area contributed by atoms with E-state index in [0.29, 0.717) is 23.6 Å². The normalized spacial score (nSPS) is 34.0. The summed E-state index contributed by atoms with van der Waals surface area (Å²) >= 11 is 0. The van der Waals surface area contributed by atoms with Gasteiger partial charge >= 0.3 is 0 Å². The molecule has 0 aromatic carbocycles. The third-order valence-electron chi connectivity index (χ3n) is 6.53. The minimum atomic E-state index is -1.45. The predicted molar refractivity (Wildman–Crippen MR) is 112 cm³/mol. The number of aliphatic hydroxyl groups excluding tert-OH is 5. The number of ketones is 1. The number of rotatable bonds is 10. The Bertz CT molecular complexity index is 901. The van der Waals surface area contributed by atoms with Crippen LogP contribution in [-0.2, 0) is 27.4 Å². The molecule has 4 rings (SSSR count). The van der Waals surface area contributed by atoms with E-state index in [-0.39, 0.29) is 43.8 Å². The van der Waals surface area contributed by atoms with Crippen molar-refractivity contribution < 1.29 is 39.8 Å². The summed E-state index contributed by atoms with van der Waals surface area (Å²) < 4.78 is 12.6. The molecule has 33 heavy (non-hydrogen) atoms. The van der Waals surface area contributed by atoms with Gasteiger partial charge in [0.1, 0.15) is 31.0 Å². The van der Waals surface area contributed by atoms with Crippen LogP contribution in [0.1, 0.15) is 31.4 Å². The van der Waals surface area contributed by atoms with Gasteiger partial charge in [-0.2, -0.15) is 0 Å². The van der Waals surface area contributed by atoms with E-state index in [1.54, 1.807) is 0 Å². The second-order valence-corrected chi connectivity index (χ2v) is 8.82. The van der Waals surface area contributed by atoms with E-state index in [0.717, 1.165) is 12.8 Å². The van der Waals surface area contributed by atoms with Crippen LogP contribution in [-0.4, -0.2) is 102 Å². The van der Waals surface area contributed by atoms with Crippen molar-refractivity contribution in [2.24, 2.45) is 10.9 Å². The first kappa shape index (κ1) is 24.1. The Hall–Kier alpha value is -2.06. The lowest BCUT2D eigenvalue weighted by molar-refractivity contribution is -0.227. The van der Waals surface area contributed by atoms with Gasteiger partial charge in [-0.05, 0) is 12.8 Å². The molecule has 7 unspecified atom stereocenters. The number of aromatic nitrogens is 3. The molecule has 182 valence electrons. The fourth-order valence-corrected chi connectivity index (χ4v) is 4.18. The largest absolute Gasteiger partial charge is 0.394 e. The Balaban J connectivity index is 1.25. The summed E-state index contributed by atoms with van der Waals surface area (Å²) in [4.78, 5) is 17.0. The molecule has 2 fully saturated rings. The van der Waals surface area contributed by atoms with Gasteiger partial charge in [-0.25, -0.2) is 4.68 Å². The molecular weight excluding hydrogens is 436 g/mol. The first-order valence-corrected chi connectivity index (χ1v) is 11.1. The van der Waals surface area contributed by atoms with Crippen molar-refractivity contribution in [2.75, 3.05) is 13.2 Å². The number of hydrogen-bond donors (Lipinski definition) is 5. The third kappa shape index (κ3) is 5.38. The van der Waals surface area contributed by atoms with Crippen molar-refractivity contribution in [1.29, 1.82) is 0 Å². The lowest BCUT2D eigenvalue weighted by Gasteiger charge is -2.40. The van der Waals surface area contributed by atoms with E-state index in [2.05, 4.69) is 15.3 Å². The summed E-state index contributed by atoms with van der Waals surface area (Å²) in [6.07, 6.45) is -1.21. The number of ether oxygens (including phenoxy) is 2. The second kappa shape index (κ2) is 10.5. The minimum Gasteiger partial charge on any atom is -0.394 e. The SMILES string of the molecule is O=C(Cn1nncc1COCC1CCC1O)C1=CN=C(CC2OC(CO)C(O)C(O)C2O)C1. The lowest BCUT2D eigenvalue weighted by Crippen LogP contribution is -2.58.